The third kappa shape index (κ3) is 5.59. The van der Waals surface area contributed by atoms with E-state index in [-0.39, 0.29) is 23.5 Å². The number of benzene rings is 1. The minimum absolute atomic E-state index is 0.0611. The zero-order valence-corrected chi connectivity index (χ0v) is 17.7. The molecule has 0 spiro atoms. The van der Waals surface area contributed by atoms with Gasteiger partial charge in [-0.15, -0.1) is 11.8 Å². The van der Waals surface area contributed by atoms with Crippen LogP contribution in [0.4, 0.5) is 5.13 Å². The molecule has 1 aromatic carbocycles. The molecule has 3 rings (SSSR count). The van der Waals surface area contributed by atoms with E-state index in [0.29, 0.717) is 23.2 Å². The molecule has 28 heavy (non-hydrogen) atoms. The molecule has 0 atom stereocenters. The summed E-state index contributed by atoms with van der Waals surface area (Å²) >= 11 is 2.99. The summed E-state index contributed by atoms with van der Waals surface area (Å²) in [6.45, 7) is 6.26. The fraction of sp³-hybridized carbons (Fsp3) is 0.350. The van der Waals surface area contributed by atoms with Crippen molar-refractivity contribution in [3.8, 4) is 5.75 Å². The molecule has 148 valence electrons. The lowest BCUT2D eigenvalue weighted by Crippen LogP contribution is -2.12. The van der Waals surface area contributed by atoms with Gasteiger partial charge in [-0.25, -0.2) is 9.97 Å². The molecule has 0 saturated carbocycles. The topological polar surface area (TPSA) is 88.2 Å². The molecule has 3 aromatic rings. The lowest BCUT2D eigenvalue weighted by molar-refractivity contribution is -0.116. The molecule has 0 aliphatic heterocycles. The van der Waals surface area contributed by atoms with Gasteiger partial charge in [0, 0.05) is 11.8 Å². The van der Waals surface area contributed by atoms with Gasteiger partial charge in [-0.3, -0.25) is 4.79 Å². The number of nitrogens with one attached hydrogen (secondary N) is 1. The Hall–Kier alpha value is -2.32. The molecule has 2 N–H and O–H groups in total. The summed E-state index contributed by atoms with van der Waals surface area (Å²) in [6, 6.07) is 7.04. The Morgan fingerprint density at radius 1 is 1.25 bits per heavy atom. The predicted molar refractivity (Wildman–Crippen MR) is 112 cm³/mol. The number of thiazole rings is 1. The third-order valence-electron chi connectivity index (χ3n) is 3.97. The van der Waals surface area contributed by atoms with Gasteiger partial charge in [0.25, 0.3) is 0 Å². The van der Waals surface area contributed by atoms with Crippen molar-refractivity contribution in [3.63, 3.8) is 0 Å². The highest BCUT2D eigenvalue weighted by atomic mass is 32.2. The minimum atomic E-state index is -0.128. The molecule has 2 aromatic heterocycles. The van der Waals surface area contributed by atoms with Crippen LogP contribution in [0.2, 0.25) is 0 Å². The molecular weight excluding hydrogens is 394 g/mol. The summed E-state index contributed by atoms with van der Waals surface area (Å²) in [7, 11) is 0. The number of anilines is 1. The monoisotopic (exact) mass is 417 g/mol. The summed E-state index contributed by atoms with van der Waals surface area (Å²) in [4.78, 5) is 20.7. The Morgan fingerprint density at radius 2 is 2.04 bits per heavy atom. The highest BCUT2D eigenvalue weighted by Gasteiger charge is 2.19. The van der Waals surface area contributed by atoms with E-state index in [1.54, 1.807) is 36.3 Å². The van der Waals surface area contributed by atoms with Gasteiger partial charge in [0.1, 0.15) is 11.5 Å². The van der Waals surface area contributed by atoms with Gasteiger partial charge in [-0.2, -0.15) is 0 Å². The average molecular weight is 418 g/mol. The van der Waals surface area contributed by atoms with E-state index in [9.17, 15) is 9.90 Å². The number of aryl methyl sites for hydroxylation is 1. The molecule has 1 amide bonds. The predicted octanol–water partition coefficient (Wildman–Crippen LogP) is 5.00. The van der Waals surface area contributed by atoms with Crippen molar-refractivity contribution in [3.05, 3.63) is 53.9 Å². The van der Waals surface area contributed by atoms with Crippen molar-refractivity contribution < 1.29 is 14.3 Å². The van der Waals surface area contributed by atoms with Crippen molar-refractivity contribution in [2.75, 3.05) is 5.32 Å². The standard InChI is InChI=1S/C20H23N3O3S2/c1-20(2,3)15-10-21-17(26-15)12-27-18-11-22-19(28-18)23-16(25)9-8-13-6-4-5-7-14(13)24/h4-7,10-11,24H,8-9,12H2,1-3H3,(H,22,23,25). The largest absolute Gasteiger partial charge is 0.508 e. The number of aromatic nitrogens is 2. The Morgan fingerprint density at radius 3 is 2.75 bits per heavy atom. The first-order chi connectivity index (χ1) is 13.3. The molecule has 2 heterocycles. The minimum Gasteiger partial charge on any atom is -0.508 e. The molecule has 0 radical (unpaired) electrons. The van der Waals surface area contributed by atoms with Crippen LogP contribution in [0.1, 0.15) is 44.4 Å². The average Bonchev–Trinajstić information content (AvgIpc) is 3.28. The highest BCUT2D eigenvalue weighted by Crippen LogP contribution is 2.32. The first-order valence-corrected chi connectivity index (χ1v) is 10.7. The summed E-state index contributed by atoms with van der Waals surface area (Å²) in [5.74, 6) is 2.24. The third-order valence-corrected chi connectivity index (χ3v) is 6.07. The summed E-state index contributed by atoms with van der Waals surface area (Å²) in [6.07, 6.45) is 4.28. The zero-order valence-electron chi connectivity index (χ0n) is 16.1. The molecule has 0 bridgehead atoms. The van der Waals surface area contributed by atoms with Crippen LogP contribution in [0, 0.1) is 0 Å². The number of para-hydroxylation sites is 1. The second-order valence-electron chi connectivity index (χ2n) is 7.32. The van der Waals surface area contributed by atoms with Gasteiger partial charge in [0.05, 0.1) is 22.4 Å². The van der Waals surface area contributed by atoms with Crippen molar-refractivity contribution in [1.82, 2.24) is 9.97 Å². The normalized spacial score (nSPS) is 11.5. The fourth-order valence-corrected chi connectivity index (χ4v) is 4.13. The molecular formula is C20H23N3O3S2. The smallest absolute Gasteiger partial charge is 0.226 e. The Balaban J connectivity index is 1.48. The lowest BCUT2D eigenvalue weighted by atomic mass is 9.94. The summed E-state index contributed by atoms with van der Waals surface area (Å²) in [5.41, 5.74) is 0.697. The van der Waals surface area contributed by atoms with E-state index in [0.717, 1.165) is 15.5 Å². The van der Waals surface area contributed by atoms with Crippen LogP contribution in [0.5, 0.6) is 5.75 Å². The molecule has 0 aliphatic rings. The molecule has 0 saturated heterocycles. The van der Waals surface area contributed by atoms with Crippen molar-refractivity contribution in [2.45, 2.75) is 49.0 Å². The lowest BCUT2D eigenvalue weighted by Gasteiger charge is -2.12. The van der Waals surface area contributed by atoms with E-state index in [1.165, 1.54) is 11.3 Å². The van der Waals surface area contributed by atoms with Crippen LogP contribution in [0.15, 0.2) is 45.3 Å². The van der Waals surface area contributed by atoms with Gasteiger partial charge >= 0.3 is 0 Å². The van der Waals surface area contributed by atoms with E-state index in [4.69, 9.17) is 4.42 Å². The Kier molecular flexibility index (Phi) is 6.41. The summed E-state index contributed by atoms with van der Waals surface area (Å²) < 4.78 is 6.77. The number of hydrogen-bond acceptors (Lipinski definition) is 7. The number of amides is 1. The van der Waals surface area contributed by atoms with Crippen molar-refractivity contribution >= 4 is 34.1 Å². The van der Waals surface area contributed by atoms with E-state index >= 15 is 0 Å². The maximum Gasteiger partial charge on any atom is 0.226 e. The molecule has 0 fully saturated rings. The molecule has 8 heteroatoms. The SMILES string of the molecule is CC(C)(C)c1cnc(CSc2cnc(NC(=O)CCc3ccccc3O)s2)o1. The quantitative estimate of drug-likeness (QED) is 0.526. The maximum absolute atomic E-state index is 12.1. The van der Waals surface area contributed by atoms with Crippen LogP contribution in [0.25, 0.3) is 0 Å². The molecule has 0 unspecified atom stereocenters. The number of hydrogen-bond donors (Lipinski definition) is 2. The van der Waals surface area contributed by atoms with Crippen LogP contribution in [0.3, 0.4) is 0 Å². The Bertz CT molecular complexity index is 944. The number of thioether (sulfide) groups is 1. The second kappa shape index (κ2) is 8.79. The number of oxazole rings is 1. The van der Waals surface area contributed by atoms with Crippen LogP contribution in [-0.4, -0.2) is 21.0 Å². The van der Waals surface area contributed by atoms with Gasteiger partial charge in [0.15, 0.2) is 5.13 Å². The number of aromatic hydroxyl groups is 1. The van der Waals surface area contributed by atoms with Crippen molar-refractivity contribution in [1.29, 1.82) is 0 Å². The highest BCUT2D eigenvalue weighted by molar-refractivity contribution is 8.00. The van der Waals surface area contributed by atoms with Crippen LogP contribution >= 0.6 is 23.1 Å². The summed E-state index contributed by atoms with van der Waals surface area (Å²) in [5, 5.41) is 13.1. The number of carbonyl (C=O) groups is 1. The van der Waals surface area contributed by atoms with Crippen molar-refractivity contribution in [2.24, 2.45) is 0 Å². The van der Waals surface area contributed by atoms with E-state index < -0.39 is 0 Å². The fourth-order valence-electron chi connectivity index (χ4n) is 2.39. The number of phenols is 1. The second-order valence-corrected chi connectivity index (χ2v) is 9.62. The first kappa shape index (κ1) is 20.4. The van der Waals surface area contributed by atoms with Crippen LogP contribution < -0.4 is 5.32 Å². The molecule has 6 nitrogen and oxygen atoms in total. The number of carbonyl (C=O) groups excluding carboxylic acids is 1. The molecule has 0 aliphatic carbocycles. The van der Waals surface area contributed by atoms with Gasteiger partial charge < -0.3 is 14.8 Å². The number of nitrogens with zero attached hydrogens (tertiary/aromatic N) is 2. The number of phenolic OH excluding ortho intramolecular Hbond substituents is 1. The Labute approximate surface area is 172 Å². The maximum atomic E-state index is 12.1. The van der Waals surface area contributed by atoms with Gasteiger partial charge in [-0.1, -0.05) is 50.3 Å². The van der Waals surface area contributed by atoms with E-state index in [1.807, 2.05) is 12.1 Å². The van der Waals surface area contributed by atoms with E-state index in [2.05, 4.69) is 36.1 Å². The number of rotatable bonds is 7. The first-order valence-electron chi connectivity index (χ1n) is 8.92. The van der Waals surface area contributed by atoms with Crippen LogP contribution in [-0.2, 0) is 22.4 Å². The van der Waals surface area contributed by atoms with Gasteiger partial charge in [-0.05, 0) is 18.1 Å². The zero-order chi connectivity index (χ0) is 20.1. The van der Waals surface area contributed by atoms with Gasteiger partial charge in [0.2, 0.25) is 11.8 Å².